The Morgan fingerprint density at radius 1 is 1.41 bits per heavy atom. The summed E-state index contributed by atoms with van der Waals surface area (Å²) in [6.07, 6.45) is -0.0290. The van der Waals surface area contributed by atoms with Crippen LogP contribution in [0, 0.1) is 12.7 Å². The third kappa shape index (κ3) is 3.12. The van der Waals surface area contributed by atoms with E-state index in [1.807, 2.05) is 0 Å². The minimum atomic E-state index is -3.56. The first-order chi connectivity index (χ1) is 7.75. The molecule has 0 saturated heterocycles. The summed E-state index contributed by atoms with van der Waals surface area (Å²) >= 11 is 0. The fraction of sp³-hybridized carbons (Fsp3) is 0.417. The van der Waals surface area contributed by atoms with Crippen LogP contribution in [0.5, 0.6) is 0 Å². The van der Waals surface area contributed by atoms with Crippen LogP contribution in [0.4, 0.5) is 4.39 Å². The van der Waals surface area contributed by atoms with Crippen LogP contribution in [0.2, 0.25) is 0 Å². The molecule has 0 aliphatic rings. The van der Waals surface area contributed by atoms with E-state index in [1.54, 1.807) is 0 Å². The van der Waals surface area contributed by atoms with Crippen molar-refractivity contribution in [3.63, 3.8) is 0 Å². The normalized spacial score (nSPS) is 13.4. The minimum Gasteiger partial charge on any atom is -0.300 e. The highest BCUT2D eigenvalue weighted by molar-refractivity contribution is 7.92. The smallest absolute Gasteiger partial charge is 0.181 e. The summed E-state index contributed by atoms with van der Waals surface area (Å²) in [4.78, 5) is 11.0. The molecule has 1 atom stereocenters. The van der Waals surface area contributed by atoms with E-state index in [1.165, 1.54) is 32.9 Å². The molecule has 0 spiro atoms. The van der Waals surface area contributed by atoms with Gasteiger partial charge in [-0.2, -0.15) is 0 Å². The predicted molar refractivity (Wildman–Crippen MR) is 63.1 cm³/mol. The van der Waals surface area contributed by atoms with E-state index in [2.05, 4.69) is 0 Å². The van der Waals surface area contributed by atoms with Gasteiger partial charge in [-0.15, -0.1) is 0 Å². The number of benzene rings is 1. The molecule has 0 radical (unpaired) electrons. The van der Waals surface area contributed by atoms with Gasteiger partial charge in [0, 0.05) is 6.42 Å². The predicted octanol–water partition coefficient (Wildman–Crippen LogP) is 2.28. The molecule has 1 aromatic carbocycles. The zero-order valence-corrected chi connectivity index (χ0v) is 10.8. The van der Waals surface area contributed by atoms with E-state index in [-0.39, 0.29) is 22.7 Å². The molecule has 0 aliphatic heterocycles. The molecule has 0 N–H and O–H groups in total. The van der Waals surface area contributed by atoms with Crippen molar-refractivity contribution < 1.29 is 17.6 Å². The Balaban J connectivity index is 3.13. The Bertz CT molecular complexity index is 535. The van der Waals surface area contributed by atoms with Crippen molar-refractivity contribution in [2.75, 3.05) is 0 Å². The minimum absolute atomic E-state index is 0.0290. The fourth-order valence-corrected chi connectivity index (χ4v) is 3.06. The maximum Gasteiger partial charge on any atom is 0.181 e. The SMILES string of the molecule is CC(=O)CC(C)S(=O)(=O)c1ccc(F)c(C)c1. The lowest BCUT2D eigenvalue weighted by atomic mass is 10.2. The van der Waals surface area contributed by atoms with Crippen molar-refractivity contribution >= 4 is 15.6 Å². The van der Waals surface area contributed by atoms with Gasteiger partial charge in [0.05, 0.1) is 10.1 Å². The zero-order chi connectivity index (χ0) is 13.2. The molecule has 3 nitrogen and oxygen atoms in total. The summed E-state index contributed by atoms with van der Waals surface area (Å²) in [5.41, 5.74) is 0.279. The van der Waals surface area contributed by atoms with E-state index >= 15 is 0 Å². The number of halogens is 1. The Morgan fingerprint density at radius 3 is 2.47 bits per heavy atom. The van der Waals surface area contributed by atoms with Gasteiger partial charge >= 0.3 is 0 Å². The summed E-state index contributed by atoms with van der Waals surface area (Å²) in [5, 5.41) is -0.787. The fourth-order valence-electron chi connectivity index (χ4n) is 1.54. The molecule has 17 heavy (non-hydrogen) atoms. The molecule has 1 aromatic rings. The number of carbonyl (C=O) groups is 1. The van der Waals surface area contributed by atoms with Crippen molar-refractivity contribution in [3.05, 3.63) is 29.6 Å². The lowest BCUT2D eigenvalue weighted by Crippen LogP contribution is -2.20. The number of hydrogen-bond donors (Lipinski definition) is 0. The van der Waals surface area contributed by atoms with E-state index in [0.717, 1.165) is 6.07 Å². The first kappa shape index (κ1) is 13.8. The third-order valence-electron chi connectivity index (χ3n) is 2.56. The molecule has 1 rings (SSSR count). The number of sulfone groups is 1. The zero-order valence-electron chi connectivity index (χ0n) is 10.0. The van der Waals surface area contributed by atoms with Crippen LogP contribution in [0.15, 0.2) is 23.1 Å². The van der Waals surface area contributed by atoms with Gasteiger partial charge in [-0.05, 0) is 44.5 Å². The van der Waals surface area contributed by atoms with Gasteiger partial charge in [-0.1, -0.05) is 0 Å². The van der Waals surface area contributed by atoms with E-state index < -0.39 is 20.9 Å². The first-order valence-electron chi connectivity index (χ1n) is 5.24. The van der Waals surface area contributed by atoms with Crippen molar-refractivity contribution in [1.29, 1.82) is 0 Å². The average molecular weight is 258 g/mol. The maximum absolute atomic E-state index is 13.0. The third-order valence-corrected chi connectivity index (χ3v) is 4.70. The molecule has 0 amide bonds. The highest BCUT2D eigenvalue weighted by atomic mass is 32.2. The van der Waals surface area contributed by atoms with Gasteiger partial charge in [0.1, 0.15) is 11.6 Å². The van der Waals surface area contributed by atoms with Gasteiger partial charge in [-0.25, -0.2) is 12.8 Å². The average Bonchev–Trinajstić information content (AvgIpc) is 2.20. The molecule has 0 bridgehead atoms. The topological polar surface area (TPSA) is 51.2 Å². The lowest BCUT2D eigenvalue weighted by molar-refractivity contribution is -0.116. The van der Waals surface area contributed by atoms with Crippen LogP contribution in [-0.4, -0.2) is 19.5 Å². The lowest BCUT2D eigenvalue weighted by Gasteiger charge is -2.12. The second-order valence-electron chi connectivity index (χ2n) is 4.17. The number of carbonyl (C=O) groups excluding carboxylic acids is 1. The number of ketones is 1. The number of aryl methyl sites for hydroxylation is 1. The number of rotatable bonds is 4. The molecular weight excluding hydrogens is 243 g/mol. The molecule has 0 heterocycles. The van der Waals surface area contributed by atoms with E-state index in [0.29, 0.717) is 0 Å². The summed E-state index contributed by atoms with van der Waals surface area (Å²) < 4.78 is 37.2. The summed E-state index contributed by atoms with van der Waals surface area (Å²) in [6, 6.07) is 3.65. The molecule has 0 saturated carbocycles. The molecule has 0 fully saturated rings. The largest absolute Gasteiger partial charge is 0.300 e. The van der Waals surface area contributed by atoms with Crippen LogP contribution in [0.25, 0.3) is 0 Å². The van der Waals surface area contributed by atoms with Crippen LogP contribution in [0.3, 0.4) is 0 Å². The van der Waals surface area contributed by atoms with Crippen molar-refractivity contribution in [1.82, 2.24) is 0 Å². The molecule has 94 valence electrons. The van der Waals surface area contributed by atoms with Gasteiger partial charge in [0.25, 0.3) is 0 Å². The van der Waals surface area contributed by atoms with Crippen LogP contribution in [-0.2, 0) is 14.6 Å². The quantitative estimate of drug-likeness (QED) is 0.778. The molecule has 0 aromatic heterocycles. The van der Waals surface area contributed by atoms with Crippen LogP contribution < -0.4 is 0 Å². The van der Waals surface area contributed by atoms with Crippen LogP contribution in [0.1, 0.15) is 25.8 Å². The highest BCUT2D eigenvalue weighted by Crippen LogP contribution is 2.20. The summed E-state index contributed by atoms with van der Waals surface area (Å²) in [7, 11) is -3.56. The molecule has 5 heteroatoms. The number of hydrogen-bond acceptors (Lipinski definition) is 3. The van der Waals surface area contributed by atoms with Gasteiger partial charge in [0.15, 0.2) is 9.84 Å². The Labute approximate surface area is 101 Å². The van der Waals surface area contributed by atoms with Crippen molar-refractivity contribution in [2.45, 2.75) is 37.3 Å². The molecule has 1 unspecified atom stereocenters. The summed E-state index contributed by atoms with van der Waals surface area (Å²) in [6.45, 7) is 4.33. The monoisotopic (exact) mass is 258 g/mol. The van der Waals surface area contributed by atoms with E-state index in [9.17, 15) is 17.6 Å². The number of Topliss-reactive ketones (excluding diaryl/α,β-unsaturated/α-hetero) is 1. The molecular formula is C12H15FO3S. The van der Waals surface area contributed by atoms with Gasteiger partial charge < -0.3 is 0 Å². The Kier molecular flexibility index (Phi) is 4.03. The van der Waals surface area contributed by atoms with E-state index in [4.69, 9.17) is 0 Å². The van der Waals surface area contributed by atoms with Gasteiger partial charge in [0.2, 0.25) is 0 Å². The second kappa shape index (κ2) is 4.96. The standard InChI is InChI=1S/C12H15FO3S/c1-8-6-11(4-5-12(8)13)17(15,16)10(3)7-9(2)14/h4-6,10H,7H2,1-3H3. The second-order valence-corrected chi connectivity index (χ2v) is 6.54. The van der Waals surface area contributed by atoms with Crippen LogP contribution >= 0.6 is 0 Å². The summed E-state index contributed by atoms with van der Waals surface area (Å²) in [5.74, 6) is -0.622. The molecule has 0 aliphatic carbocycles. The maximum atomic E-state index is 13.0. The Hall–Kier alpha value is -1.23. The van der Waals surface area contributed by atoms with Gasteiger partial charge in [-0.3, -0.25) is 4.79 Å². The first-order valence-corrected chi connectivity index (χ1v) is 6.79. The van der Waals surface area contributed by atoms with Crippen molar-refractivity contribution in [3.8, 4) is 0 Å². The Morgan fingerprint density at radius 2 is 2.00 bits per heavy atom. The highest BCUT2D eigenvalue weighted by Gasteiger charge is 2.24. The van der Waals surface area contributed by atoms with Crippen molar-refractivity contribution in [2.24, 2.45) is 0 Å².